The van der Waals surface area contributed by atoms with E-state index in [0.717, 1.165) is 22.2 Å². The summed E-state index contributed by atoms with van der Waals surface area (Å²) < 4.78 is 0.630. The van der Waals surface area contributed by atoms with E-state index in [0.29, 0.717) is 20.8 Å². The van der Waals surface area contributed by atoms with Gasteiger partial charge in [-0.15, -0.1) is 0 Å². The first kappa shape index (κ1) is 14.5. The molecule has 3 rings (SSSR count). The number of halogens is 2. The van der Waals surface area contributed by atoms with E-state index in [-0.39, 0.29) is 5.56 Å². The summed E-state index contributed by atoms with van der Waals surface area (Å²) >= 11 is 8.22. The van der Waals surface area contributed by atoms with E-state index in [1.165, 1.54) is 0 Å². The van der Waals surface area contributed by atoms with Crippen LogP contribution in [0, 0.1) is 3.57 Å². The minimum absolute atomic E-state index is 0.128. The lowest BCUT2D eigenvalue weighted by atomic mass is 10.1. The highest BCUT2D eigenvalue weighted by molar-refractivity contribution is 14.1. The largest absolute Gasteiger partial charge is 0.306 e. The number of pyridine rings is 1. The van der Waals surface area contributed by atoms with Gasteiger partial charge in [0, 0.05) is 17.1 Å². The monoisotopic (exact) mass is 411 g/mol. The molecule has 2 aromatic heterocycles. The lowest BCUT2D eigenvalue weighted by molar-refractivity contribution is 0.969. The van der Waals surface area contributed by atoms with Crippen LogP contribution in [0.1, 0.15) is 12.6 Å². The zero-order valence-corrected chi connectivity index (χ0v) is 14.1. The van der Waals surface area contributed by atoms with Crippen LogP contribution in [0.4, 0.5) is 0 Å². The molecule has 0 unspecified atom stereocenters. The second-order valence-corrected chi connectivity index (χ2v) is 6.01. The summed E-state index contributed by atoms with van der Waals surface area (Å²) in [6, 6.07) is 7.37. The number of nitrogens with one attached hydrogen (secondary N) is 1. The Labute approximate surface area is 139 Å². The number of H-pyrrole nitrogens is 1. The summed E-state index contributed by atoms with van der Waals surface area (Å²) in [4.78, 5) is 23.8. The highest BCUT2D eigenvalue weighted by Gasteiger charge is 2.13. The van der Waals surface area contributed by atoms with Gasteiger partial charge in [0.05, 0.1) is 19.8 Å². The summed E-state index contributed by atoms with van der Waals surface area (Å²) in [6.45, 7) is 1.98. The summed E-state index contributed by atoms with van der Waals surface area (Å²) in [5.74, 6) is 0.526. The van der Waals surface area contributed by atoms with Crippen LogP contribution in [0.15, 0.2) is 35.3 Å². The lowest BCUT2D eigenvalue weighted by Gasteiger charge is -2.08. The molecular formula is C15H11ClIN3O. The third-order valence-corrected chi connectivity index (χ3v) is 4.68. The molecule has 0 amide bonds. The van der Waals surface area contributed by atoms with E-state index in [1.807, 2.05) is 47.7 Å². The van der Waals surface area contributed by atoms with Crippen LogP contribution in [-0.2, 0) is 6.42 Å². The van der Waals surface area contributed by atoms with Crippen LogP contribution in [0.2, 0.25) is 5.02 Å². The molecule has 0 saturated carbocycles. The fourth-order valence-corrected chi connectivity index (χ4v) is 3.05. The predicted octanol–water partition coefficient (Wildman–Crippen LogP) is 3.81. The maximum absolute atomic E-state index is 12.0. The molecule has 0 radical (unpaired) electrons. The van der Waals surface area contributed by atoms with E-state index in [4.69, 9.17) is 11.6 Å². The molecule has 21 heavy (non-hydrogen) atoms. The fraction of sp³-hybridized carbons (Fsp3) is 0.133. The molecule has 1 N–H and O–H groups in total. The summed E-state index contributed by atoms with van der Waals surface area (Å²) in [6.07, 6.45) is 2.40. The van der Waals surface area contributed by atoms with Crippen molar-refractivity contribution in [1.29, 1.82) is 0 Å². The zero-order valence-electron chi connectivity index (χ0n) is 11.2. The Balaban J connectivity index is 2.34. The normalized spacial score (nSPS) is 11.0. The fourth-order valence-electron chi connectivity index (χ4n) is 2.20. The Morgan fingerprint density at radius 1 is 1.33 bits per heavy atom. The molecule has 6 heteroatoms. The number of rotatable bonds is 2. The van der Waals surface area contributed by atoms with Gasteiger partial charge in [0.25, 0.3) is 5.56 Å². The van der Waals surface area contributed by atoms with E-state index >= 15 is 0 Å². The topological polar surface area (TPSA) is 58.6 Å². The molecule has 0 aliphatic heterocycles. The van der Waals surface area contributed by atoms with Gasteiger partial charge >= 0.3 is 0 Å². The number of aromatic amines is 1. The molecule has 4 nitrogen and oxygen atoms in total. The van der Waals surface area contributed by atoms with Crippen molar-refractivity contribution >= 4 is 45.1 Å². The van der Waals surface area contributed by atoms with Gasteiger partial charge in [0.15, 0.2) is 0 Å². The molecule has 1 aromatic carbocycles. The van der Waals surface area contributed by atoms with Gasteiger partial charge < -0.3 is 4.98 Å². The maximum atomic E-state index is 12.0. The number of nitrogens with zero attached hydrogens (tertiary/aromatic N) is 2. The predicted molar refractivity (Wildman–Crippen MR) is 92.7 cm³/mol. The molecule has 0 atom stereocenters. The van der Waals surface area contributed by atoms with Crippen molar-refractivity contribution in [1.82, 2.24) is 15.0 Å². The zero-order chi connectivity index (χ0) is 15.0. The minimum Gasteiger partial charge on any atom is -0.306 e. The van der Waals surface area contributed by atoms with Gasteiger partial charge in [-0.2, -0.15) is 0 Å². The molecule has 0 fully saturated rings. The Kier molecular flexibility index (Phi) is 3.95. The van der Waals surface area contributed by atoms with E-state index < -0.39 is 0 Å². The Hall–Kier alpha value is -1.47. The first-order valence-electron chi connectivity index (χ1n) is 6.44. The van der Waals surface area contributed by atoms with Gasteiger partial charge in [-0.3, -0.25) is 9.78 Å². The van der Waals surface area contributed by atoms with Crippen LogP contribution < -0.4 is 5.56 Å². The van der Waals surface area contributed by atoms with Crippen LogP contribution in [-0.4, -0.2) is 15.0 Å². The van der Waals surface area contributed by atoms with E-state index in [9.17, 15) is 4.79 Å². The van der Waals surface area contributed by atoms with E-state index in [1.54, 1.807) is 12.3 Å². The summed E-state index contributed by atoms with van der Waals surface area (Å²) in [5, 5.41) is 1.47. The number of hydrogen-bond acceptors (Lipinski definition) is 3. The highest BCUT2D eigenvalue weighted by atomic mass is 127. The van der Waals surface area contributed by atoms with Gasteiger partial charge in [0.2, 0.25) is 0 Å². The number of fused-ring (bicyclic) bond motifs is 1. The molecule has 3 aromatic rings. The van der Waals surface area contributed by atoms with Crippen molar-refractivity contribution in [3.63, 3.8) is 0 Å². The maximum Gasteiger partial charge on any atom is 0.264 e. The summed E-state index contributed by atoms with van der Waals surface area (Å²) in [7, 11) is 0. The van der Waals surface area contributed by atoms with Crippen LogP contribution in [0.3, 0.4) is 0 Å². The van der Waals surface area contributed by atoms with Gasteiger partial charge in [0.1, 0.15) is 5.82 Å². The van der Waals surface area contributed by atoms with Gasteiger partial charge in [-0.05, 0) is 53.3 Å². The number of aryl methyl sites for hydroxylation is 1. The minimum atomic E-state index is -0.128. The van der Waals surface area contributed by atoms with Crippen molar-refractivity contribution in [2.24, 2.45) is 0 Å². The molecule has 0 bridgehead atoms. The standard InChI is InChI=1S/C15H11ClIN3O/c1-2-11-12(17)15(21)20-14(19-11)9-5-6-10(16)8-4-3-7-18-13(8)9/h3-7H,2H2,1H3,(H,19,20,21). The average Bonchev–Trinajstić information content (AvgIpc) is 2.51. The average molecular weight is 412 g/mol. The summed E-state index contributed by atoms with van der Waals surface area (Å²) in [5.41, 5.74) is 2.17. The highest BCUT2D eigenvalue weighted by Crippen LogP contribution is 2.29. The van der Waals surface area contributed by atoms with Crippen LogP contribution in [0.25, 0.3) is 22.3 Å². The lowest BCUT2D eigenvalue weighted by Crippen LogP contribution is -2.16. The molecule has 0 aliphatic carbocycles. The first-order valence-corrected chi connectivity index (χ1v) is 7.89. The van der Waals surface area contributed by atoms with E-state index in [2.05, 4.69) is 15.0 Å². The number of hydrogen-bond donors (Lipinski definition) is 1. The second-order valence-electron chi connectivity index (χ2n) is 4.52. The Morgan fingerprint density at radius 2 is 2.14 bits per heavy atom. The number of benzene rings is 1. The third-order valence-electron chi connectivity index (χ3n) is 3.24. The number of aromatic nitrogens is 3. The van der Waals surface area contributed by atoms with Gasteiger partial charge in [-0.25, -0.2) is 4.98 Å². The van der Waals surface area contributed by atoms with Crippen LogP contribution >= 0.6 is 34.2 Å². The van der Waals surface area contributed by atoms with Crippen molar-refractivity contribution in [2.45, 2.75) is 13.3 Å². The molecule has 106 valence electrons. The third kappa shape index (κ3) is 2.55. The molecule has 0 saturated heterocycles. The SMILES string of the molecule is CCc1nc(-c2ccc(Cl)c3cccnc23)[nH]c(=O)c1I. The Morgan fingerprint density at radius 3 is 2.90 bits per heavy atom. The molecule has 0 aliphatic rings. The van der Waals surface area contributed by atoms with Crippen molar-refractivity contribution < 1.29 is 0 Å². The Bertz CT molecular complexity index is 892. The van der Waals surface area contributed by atoms with Crippen molar-refractivity contribution in [2.75, 3.05) is 0 Å². The molecule has 2 heterocycles. The van der Waals surface area contributed by atoms with Crippen molar-refractivity contribution in [3.8, 4) is 11.4 Å². The smallest absolute Gasteiger partial charge is 0.264 e. The van der Waals surface area contributed by atoms with Crippen molar-refractivity contribution in [3.05, 3.63) is 55.1 Å². The molecular weight excluding hydrogens is 401 g/mol. The molecule has 0 spiro atoms. The quantitative estimate of drug-likeness (QED) is 0.653. The first-order chi connectivity index (χ1) is 10.1. The van der Waals surface area contributed by atoms with Crippen LogP contribution in [0.5, 0.6) is 0 Å². The van der Waals surface area contributed by atoms with Gasteiger partial charge in [-0.1, -0.05) is 18.5 Å². The second kappa shape index (κ2) is 5.73.